The van der Waals surface area contributed by atoms with Gasteiger partial charge in [-0.25, -0.2) is 12.8 Å². The number of rotatable bonds is 5. The van der Waals surface area contributed by atoms with Crippen LogP contribution in [0.4, 0.5) is 4.39 Å². The number of benzene rings is 1. The van der Waals surface area contributed by atoms with Gasteiger partial charge in [-0.3, -0.25) is 4.79 Å². The van der Waals surface area contributed by atoms with Crippen molar-refractivity contribution in [1.82, 2.24) is 5.32 Å². The van der Waals surface area contributed by atoms with Crippen molar-refractivity contribution in [3.05, 3.63) is 29.1 Å². The van der Waals surface area contributed by atoms with Crippen LogP contribution >= 0.6 is 10.7 Å². The molecule has 0 aromatic heterocycles. The summed E-state index contributed by atoms with van der Waals surface area (Å²) in [6.07, 6.45) is 1.73. The molecule has 1 rings (SSSR count). The van der Waals surface area contributed by atoms with Gasteiger partial charge < -0.3 is 5.32 Å². The minimum atomic E-state index is -4.22. The van der Waals surface area contributed by atoms with Crippen molar-refractivity contribution in [3.8, 4) is 0 Å². The number of carbonyl (C=O) groups excluding carboxylic acids is 1. The van der Waals surface area contributed by atoms with E-state index >= 15 is 0 Å². The fourth-order valence-electron chi connectivity index (χ4n) is 1.53. The Morgan fingerprint density at radius 3 is 2.58 bits per heavy atom. The Hall–Kier alpha value is -1.14. The molecule has 106 valence electrons. The summed E-state index contributed by atoms with van der Waals surface area (Å²) in [6.45, 7) is 3.84. The minimum Gasteiger partial charge on any atom is -0.352 e. The standard InChI is InChI=1S/C12H15ClFNO3S/c1-3-4-5-15-12(16)9-6-8(2)11(14)10(7-9)19(13,17)18/h6-7H,3-5H2,1-2H3,(H,15,16). The monoisotopic (exact) mass is 307 g/mol. The smallest absolute Gasteiger partial charge is 0.264 e. The highest BCUT2D eigenvalue weighted by atomic mass is 35.7. The van der Waals surface area contributed by atoms with E-state index in [0.29, 0.717) is 6.54 Å². The Morgan fingerprint density at radius 1 is 1.42 bits per heavy atom. The minimum absolute atomic E-state index is 0.0577. The number of amides is 1. The van der Waals surface area contributed by atoms with Crippen molar-refractivity contribution >= 4 is 25.6 Å². The zero-order valence-electron chi connectivity index (χ0n) is 10.7. The number of nitrogens with one attached hydrogen (secondary N) is 1. The molecule has 19 heavy (non-hydrogen) atoms. The van der Waals surface area contributed by atoms with Crippen LogP contribution in [0.3, 0.4) is 0 Å². The van der Waals surface area contributed by atoms with Crippen LogP contribution in [0.1, 0.15) is 35.7 Å². The molecule has 7 heteroatoms. The number of hydrogen-bond acceptors (Lipinski definition) is 3. The average molecular weight is 308 g/mol. The van der Waals surface area contributed by atoms with E-state index in [9.17, 15) is 17.6 Å². The van der Waals surface area contributed by atoms with Crippen LogP contribution in [0.2, 0.25) is 0 Å². The van der Waals surface area contributed by atoms with Crippen molar-refractivity contribution in [2.24, 2.45) is 0 Å². The van der Waals surface area contributed by atoms with Gasteiger partial charge in [0.2, 0.25) is 0 Å². The molecule has 0 atom stereocenters. The first kappa shape index (κ1) is 15.9. The molecule has 0 aliphatic rings. The Bertz CT molecular complexity index is 587. The van der Waals surface area contributed by atoms with E-state index in [1.165, 1.54) is 13.0 Å². The van der Waals surface area contributed by atoms with Crippen LogP contribution < -0.4 is 5.32 Å². The molecule has 4 nitrogen and oxygen atoms in total. The van der Waals surface area contributed by atoms with Gasteiger partial charge in [0, 0.05) is 22.8 Å². The number of carbonyl (C=O) groups is 1. The van der Waals surface area contributed by atoms with Crippen LogP contribution in [0.15, 0.2) is 17.0 Å². The van der Waals surface area contributed by atoms with Crippen LogP contribution in [0.5, 0.6) is 0 Å². The van der Waals surface area contributed by atoms with Crippen molar-refractivity contribution in [1.29, 1.82) is 0 Å². The van der Waals surface area contributed by atoms with Crippen molar-refractivity contribution < 1.29 is 17.6 Å². The van der Waals surface area contributed by atoms with E-state index in [1.54, 1.807) is 0 Å². The summed E-state index contributed by atoms with van der Waals surface area (Å²) in [7, 11) is 0.920. The Balaban J connectivity index is 3.11. The first-order chi connectivity index (χ1) is 8.77. The summed E-state index contributed by atoms with van der Waals surface area (Å²) >= 11 is 0. The lowest BCUT2D eigenvalue weighted by molar-refractivity contribution is 0.0953. The molecule has 1 amide bonds. The molecule has 0 aliphatic heterocycles. The molecule has 0 radical (unpaired) electrons. The molecule has 0 saturated carbocycles. The van der Waals surface area contributed by atoms with Gasteiger partial charge in [-0.2, -0.15) is 0 Å². The lowest BCUT2D eigenvalue weighted by Gasteiger charge is -2.08. The van der Waals surface area contributed by atoms with E-state index in [0.717, 1.165) is 18.9 Å². The van der Waals surface area contributed by atoms with Gasteiger partial charge in [0.15, 0.2) is 0 Å². The van der Waals surface area contributed by atoms with Crippen LogP contribution in [-0.4, -0.2) is 20.9 Å². The van der Waals surface area contributed by atoms with Gasteiger partial charge in [0.25, 0.3) is 15.0 Å². The second-order valence-electron chi connectivity index (χ2n) is 4.15. The largest absolute Gasteiger partial charge is 0.352 e. The van der Waals surface area contributed by atoms with Crippen LogP contribution in [0.25, 0.3) is 0 Å². The third kappa shape index (κ3) is 4.18. The average Bonchev–Trinajstić information content (AvgIpc) is 2.31. The predicted octanol–water partition coefficient (Wildman–Crippen LogP) is 2.59. The molecule has 0 bridgehead atoms. The lowest BCUT2D eigenvalue weighted by Crippen LogP contribution is -2.24. The highest BCUT2D eigenvalue weighted by molar-refractivity contribution is 8.13. The summed E-state index contributed by atoms with van der Waals surface area (Å²) in [5.74, 6) is -1.38. The molecule has 0 saturated heterocycles. The summed E-state index contributed by atoms with van der Waals surface area (Å²) in [6, 6.07) is 2.24. The third-order valence-electron chi connectivity index (χ3n) is 2.56. The summed E-state index contributed by atoms with van der Waals surface area (Å²) < 4.78 is 36.1. The topological polar surface area (TPSA) is 63.2 Å². The Morgan fingerprint density at radius 2 is 2.05 bits per heavy atom. The SMILES string of the molecule is CCCCNC(=O)c1cc(C)c(F)c(S(=O)(=O)Cl)c1. The molecule has 0 fully saturated rings. The Kier molecular flexibility index (Phi) is 5.31. The maximum absolute atomic E-state index is 13.7. The summed E-state index contributed by atoms with van der Waals surface area (Å²) in [4.78, 5) is 11.1. The first-order valence-electron chi connectivity index (χ1n) is 5.80. The zero-order chi connectivity index (χ0) is 14.6. The van der Waals surface area contributed by atoms with Crippen molar-refractivity contribution in [3.63, 3.8) is 0 Å². The van der Waals surface area contributed by atoms with Gasteiger partial charge in [-0.05, 0) is 31.0 Å². The fourth-order valence-corrected chi connectivity index (χ4v) is 2.51. The predicted molar refractivity (Wildman–Crippen MR) is 71.4 cm³/mol. The maximum Gasteiger partial charge on any atom is 0.264 e. The number of aryl methyl sites for hydroxylation is 1. The van der Waals surface area contributed by atoms with Crippen molar-refractivity contribution in [2.75, 3.05) is 6.54 Å². The molecule has 0 unspecified atom stereocenters. The second kappa shape index (κ2) is 6.34. The molecule has 0 spiro atoms. The molecule has 1 aromatic rings. The molecule has 0 heterocycles. The van der Waals surface area contributed by atoms with Gasteiger partial charge in [-0.15, -0.1) is 0 Å². The third-order valence-corrected chi connectivity index (χ3v) is 3.88. The lowest BCUT2D eigenvalue weighted by atomic mass is 10.1. The number of hydrogen-bond donors (Lipinski definition) is 1. The van der Waals surface area contributed by atoms with Gasteiger partial charge >= 0.3 is 0 Å². The molecular weight excluding hydrogens is 293 g/mol. The van der Waals surface area contributed by atoms with E-state index < -0.39 is 25.7 Å². The van der Waals surface area contributed by atoms with Crippen LogP contribution in [-0.2, 0) is 9.05 Å². The second-order valence-corrected chi connectivity index (χ2v) is 6.69. The quantitative estimate of drug-likeness (QED) is 0.672. The summed E-state index contributed by atoms with van der Waals surface area (Å²) in [5.41, 5.74) is 0.136. The van der Waals surface area contributed by atoms with E-state index in [4.69, 9.17) is 10.7 Å². The zero-order valence-corrected chi connectivity index (χ0v) is 12.2. The fraction of sp³-hybridized carbons (Fsp3) is 0.417. The summed E-state index contributed by atoms with van der Waals surface area (Å²) in [5, 5.41) is 2.63. The number of unbranched alkanes of at least 4 members (excludes halogenated alkanes) is 1. The first-order valence-corrected chi connectivity index (χ1v) is 8.11. The van der Waals surface area contributed by atoms with Crippen LogP contribution in [0, 0.1) is 12.7 Å². The molecule has 0 aliphatic carbocycles. The molecule has 1 aromatic carbocycles. The van der Waals surface area contributed by atoms with Gasteiger partial charge in [0.05, 0.1) is 0 Å². The molecule has 1 N–H and O–H groups in total. The highest BCUT2D eigenvalue weighted by Crippen LogP contribution is 2.23. The van der Waals surface area contributed by atoms with E-state index in [2.05, 4.69) is 5.32 Å². The van der Waals surface area contributed by atoms with E-state index in [1.807, 2.05) is 6.92 Å². The normalized spacial score (nSPS) is 11.4. The molecular formula is C12H15ClFNO3S. The van der Waals surface area contributed by atoms with Gasteiger partial charge in [-0.1, -0.05) is 13.3 Å². The Labute approximate surface area is 116 Å². The van der Waals surface area contributed by atoms with Crippen molar-refractivity contribution in [2.45, 2.75) is 31.6 Å². The maximum atomic E-state index is 13.7. The van der Waals surface area contributed by atoms with Gasteiger partial charge in [0.1, 0.15) is 10.7 Å². The highest BCUT2D eigenvalue weighted by Gasteiger charge is 2.21. The number of halogens is 2. The van der Waals surface area contributed by atoms with E-state index in [-0.39, 0.29) is 11.1 Å².